The minimum atomic E-state index is -0.127. The Morgan fingerprint density at radius 2 is 2.03 bits per heavy atom. The van der Waals surface area contributed by atoms with E-state index in [1.165, 1.54) is 17.3 Å². The Morgan fingerprint density at radius 3 is 2.75 bits per heavy atom. The molecule has 1 aliphatic heterocycles. The van der Waals surface area contributed by atoms with Gasteiger partial charge in [0.25, 0.3) is 5.56 Å². The molecule has 2 aromatic carbocycles. The van der Waals surface area contributed by atoms with Crippen LogP contribution >= 0.6 is 11.8 Å². The Kier molecular flexibility index (Phi) is 7.27. The molecule has 2 heterocycles. The Hall–Kier alpha value is -2.64. The zero-order valence-corrected chi connectivity index (χ0v) is 19.4. The number of para-hydroxylation sites is 1. The van der Waals surface area contributed by atoms with E-state index < -0.39 is 0 Å². The number of aromatic nitrogens is 2. The van der Waals surface area contributed by atoms with Gasteiger partial charge >= 0.3 is 0 Å². The first-order chi connectivity index (χ1) is 15.5. The van der Waals surface area contributed by atoms with Crippen LogP contribution in [0.3, 0.4) is 0 Å². The summed E-state index contributed by atoms with van der Waals surface area (Å²) in [5.41, 5.74) is 2.59. The third kappa shape index (κ3) is 5.22. The van der Waals surface area contributed by atoms with Gasteiger partial charge in [-0.2, -0.15) is 0 Å². The van der Waals surface area contributed by atoms with E-state index in [0.29, 0.717) is 28.5 Å². The standard InChI is InChI=1S/C25H29N3O3S/c1-3-17(2)18-10-12-19(13-11-18)26-23(29)16-32-25-27-22-9-5-4-8-21(22)24(30)28(25)15-20-7-6-14-31-20/h4-5,8-13,17,20H,3,6-7,14-16H2,1-2H3,(H,26,29). The number of carbonyl (C=O) groups excluding carboxylic acids is 1. The Morgan fingerprint density at radius 1 is 1.25 bits per heavy atom. The summed E-state index contributed by atoms with van der Waals surface area (Å²) in [7, 11) is 0. The van der Waals surface area contributed by atoms with Crippen LogP contribution in [-0.4, -0.2) is 33.9 Å². The molecule has 1 saturated heterocycles. The zero-order chi connectivity index (χ0) is 22.5. The number of nitrogens with one attached hydrogen (secondary N) is 1. The highest BCUT2D eigenvalue weighted by Crippen LogP contribution is 2.23. The van der Waals surface area contributed by atoms with E-state index in [1.54, 1.807) is 10.6 Å². The second-order valence-corrected chi connectivity index (χ2v) is 9.17. The maximum absolute atomic E-state index is 13.1. The number of thioether (sulfide) groups is 1. The number of amides is 1. The van der Waals surface area contributed by atoms with Crippen molar-refractivity contribution in [3.8, 4) is 0 Å². The van der Waals surface area contributed by atoms with Crippen LogP contribution in [0.1, 0.15) is 44.6 Å². The smallest absolute Gasteiger partial charge is 0.262 e. The maximum Gasteiger partial charge on any atom is 0.262 e. The first-order valence-corrected chi connectivity index (χ1v) is 12.2. The molecule has 3 aromatic rings. The highest BCUT2D eigenvalue weighted by Gasteiger charge is 2.20. The number of rotatable bonds is 8. The van der Waals surface area contributed by atoms with E-state index in [1.807, 2.05) is 30.3 Å². The van der Waals surface area contributed by atoms with Gasteiger partial charge in [0.1, 0.15) is 0 Å². The average molecular weight is 452 g/mol. The van der Waals surface area contributed by atoms with E-state index in [4.69, 9.17) is 4.74 Å². The summed E-state index contributed by atoms with van der Waals surface area (Å²) >= 11 is 1.28. The average Bonchev–Trinajstić information content (AvgIpc) is 3.33. The molecule has 1 N–H and O–H groups in total. The molecule has 1 aliphatic rings. The van der Waals surface area contributed by atoms with Gasteiger partial charge in [-0.15, -0.1) is 0 Å². The first-order valence-electron chi connectivity index (χ1n) is 11.2. The highest BCUT2D eigenvalue weighted by atomic mass is 32.2. The van der Waals surface area contributed by atoms with Gasteiger partial charge in [0, 0.05) is 12.3 Å². The SMILES string of the molecule is CCC(C)c1ccc(NC(=O)CSc2nc3ccccc3c(=O)n2CC2CCCO2)cc1. The Bertz CT molecular complexity index is 1140. The topological polar surface area (TPSA) is 73.2 Å². The molecular weight excluding hydrogens is 422 g/mol. The minimum Gasteiger partial charge on any atom is -0.376 e. The fourth-order valence-electron chi connectivity index (χ4n) is 3.87. The van der Waals surface area contributed by atoms with E-state index in [-0.39, 0.29) is 23.3 Å². The van der Waals surface area contributed by atoms with Crippen molar-refractivity contribution in [2.75, 3.05) is 17.7 Å². The second-order valence-electron chi connectivity index (χ2n) is 8.23. The zero-order valence-electron chi connectivity index (χ0n) is 18.5. The summed E-state index contributed by atoms with van der Waals surface area (Å²) in [6, 6.07) is 15.3. The molecule has 7 heteroatoms. The normalized spacial score (nSPS) is 16.9. The van der Waals surface area contributed by atoms with Crippen LogP contribution in [0.25, 0.3) is 10.9 Å². The molecule has 0 bridgehead atoms. The van der Waals surface area contributed by atoms with E-state index in [0.717, 1.165) is 31.6 Å². The third-order valence-electron chi connectivity index (χ3n) is 5.95. The number of nitrogens with zero attached hydrogens (tertiary/aromatic N) is 2. The molecule has 1 fully saturated rings. The predicted molar refractivity (Wildman–Crippen MR) is 129 cm³/mol. The molecule has 6 nitrogen and oxygen atoms in total. The first kappa shape index (κ1) is 22.6. The summed E-state index contributed by atoms with van der Waals surface area (Å²) in [6.45, 7) is 5.53. The van der Waals surface area contributed by atoms with E-state index in [2.05, 4.69) is 36.3 Å². The summed E-state index contributed by atoms with van der Waals surface area (Å²) in [6.07, 6.45) is 3.01. The number of benzene rings is 2. The maximum atomic E-state index is 13.1. The van der Waals surface area contributed by atoms with Crippen molar-refractivity contribution in [2.24, 2.45) is 0 Å². The fraction of sp³-hybridized carbons (Fsp3) is 0.400. The van der Waals surface area contributed by atoms with Crippen molar-refractivity contribution in [1.82, 2.24) is 9.55 Å². The lowest BCUT2D eigenvalue weighted by atomic mass is 9.99. The van der Waals surface area contributed by atoms with Crippen LogP contribution in [-0.2, 0) is 16.1 Å². The Balaban J connectivity index is 1.49. The van der Waals surface area contributed by atoms with Gasteiger partial charge < -0.3 is 10.1 Å². The molecule has 168 valence electrons. The van der Waals surface area contributed by atoms with E-state index >= 15 is 0 Å². The molecule has 0 saturated carbocycles. The number of ether oxygens (including phenoxy) is 1. The van der Waals surface area contributed by atoms with Gasteiger partial charge in [-0.25, -0.2) is 4.98 Å². The van der Waals surface area contributed by atoms with Crippen LogP contribution in [0.15, 0.2) is 58.5 Å². The van der Waals surface area contributed by atoms with Gasteiger partial charge in [0.15, 0.2) is 5.16 Å². The van der Waals surface area contributed by atoms with Crippen molar-refractivity contribution in [3.05, 3.63) is 64.4 Å². The number of fused-ring (bicyclic) bond motifs is 1. The summed E-state index contributed by atoms with van der Waals surface area (Å²) < 4.78 is 7.41. The summed E-state index contributed by atoms with van der Waals surface area (Å²) in [5, 5.41) is 4.07. The molecule has 0 spiro atoms. The monoisotopic (exact) mass is 451 g/mol. The van der Waals surface area contributed by atoms with Gasteiger partial charge in [-0.1, -0.05) is 49.9 Å². The molecule has 32 heavy (non-hydrogen) atoms. The van der Waals surface area contributed by atoms with Crippen molar-refractivity contribution < 1.29 is 9.53 Å². The molecule has 2 atom stereocenters. The molecule has 2 unspecified atom stereocenters. The number of carbonyl (C=O) groups is 1. The van der Waals surface area contributed by atoms with Gasteiger partial charge in [-0.05, 0) is 55.0 Å². The van der Waals surface area contributed by atoms with Crippen molar-refractivity contribution in [2.45, 2.75) is 56.8 Å². The van der Waals surface area contributed by atoms with Crippen molar-refractivity contribution >= 4 is 34.3 Å². The van der Waals surface area contributed by atoms with Crippen LogP contribution in [0, 0.1) is 0 Å². The predicted octanol–water partition coefficient (Wildman–Crippen LogP) is 4.82. The lowest BCUT2D eigenvalue weighted by molar-refractivity contribution is -0.113. The second kappa shape index (κ2) is 10.3. The third-order valence-corrected chi connectivity index (χ3v) is 6.92. The lowest BCUT2D eigenvalue weighted by Gasteiger charge is -2.16. The van der Waals surface area contributed by atoms with Crippen LogP contribution < -0.4 is 10.9 Å². The van der Waals surface area contributed by atoms with Crippen LogP contribution in [0.5, 0.6) is 0 Å². The van der Waals surface area contributed by atoms with Gasteiger partial charge in [0.2, 0.25) is 5.91 Å². The molecule has 1 amide bonds. The number of anilines is 1. The molecule has 0 radical (unpaired) electrons. The molecular formula is C25H29N3O3S. The van der Waals surface area contributed by atoms with E-state index in [9.17, 15) is 9.59 Å². The van der Waals surface area contributed by atoms with Gasteiger partial charge in [0.05, 0.1) is 29.3 Å². The summed E-state index contributed by atoms with van der Waals surface area (Å²) in [4.78, 5) is 30.4. The number of hydrogen-bond donors (Lipinski definition) is 1. The van der Waals surface area contributed by atoms with Crippen LogP contribution in [0.2, 0.25) is 0 Å². The van der Waals surface area contributed by atoms with Crippen molar-refractivity contribution in [3.63, 3.8) is 0 Å². The quantitative estimate of drug-likeness (QED) is 0.393. The lowest BCUT2D eigenvalue weighted by Crippen LogP contribution is -2.29. The summed E-state index contributed by atoms with van der Waals surface area (Å²) in [5.74, 6) is 0.538. The molecule has 0 aliphatic carbocycles. The van der Waals surface area contributed by atoms with Gasteiger partial charge in [-0.3, -0.25) is 14.2 Å². The Labute approximate surface area is 192 Å². The molecule has 1 aromatic heterocycles. The minimum absolute atomic E-state index is 0.00728. The van der Waals surface area contributed by atoms with Crippen molar-refractivity contribution in [1.29, 1.82) is 0 Å². The van der Waals surface area contributed by atoms with Crippen LogP contribution in [0.4, 0.5) is 5.69 Å². The molecule has 4 rings (SSSR count). The highest BCUT2D eigenvalue weighted by molar-refractivity contribution is 7.99. The fourth-order valence-corrected chi connectivity index (χ4v) is 4.68. The number of hydrogen-bond acceptors (Lipinski definition) is 5. The largest absolute Gasteiger partial charge is 0.376 e.